The molecular formula is C23H13F4N3S. The lowest BCUT2D eigenvalue weighted by Gasteiger charge is -2.18. The second kappa shape index (κ2) is 7.90. The van der Waals surface area contributed by atoms with Gasteiger partial charge in [-0.2, -0.15) is 23.7 Å². The van der Waals surface area contributed by atoms with Gasteiger partial charge in [0.1, 0.15) is 11.7 Å². The molecule has 1 N–H and O–H groups in total. The van der Waals surface area contributed by atoms with Crippen molar-refractivity contribution >= 4 is 22.2 Å². The molecular weight excluding hydrogens is 426 g/mol. The number of hydrogen-bond acceptors (Lipinski definition) is 3. The average Bonchev–Trinajstić information content (AvgIpc) is 3.40. The van der Waals surface area contributed by atoms with E-state index in [4.69, 9.17) is 0 Å². The molecule has 154 valence electrons. The van der Waals surface area contributed by atoms with E-state index in [-0.39, 0.29) is 5.52 Å². The number of thiophene rings is 1. The quantitative estimate of drug-likeness (QED) is 0.354. The average molecular weight is 439 g/mol. The fourth-order valence-corrected chi connectivity index (χ4v) is 4.55. The van der Waals surface area contributed by atoms with Gasteiger partial charge in [0.05, 0.1) is 29.3 Å². The fourth-order valence-electron chi connectivity index (χ4n) is 3.68. The van der Waals surface area contributed by atoms with Crippen LogP contribution in [0.3, 0.4) is 0 Å². The number of fused-ring (bicyclic) bond motifs is 1. The van der Waals surface area contributed by atoms with E-state index in [1.807, 2.05) is 17.5 Å². The van der Waals surface area contributed by atoms with Crippen molar-refractivity contribution in [3.63, 3.8) is 0 Å². The zero-order chi connectivity index (χ0) is 22.2. The Morgan fingerprint density at radius 1 is 0.968 bits per heavy atom. The summed E-state index contributed by atoms with van der Waals surface area (Å²) in [4.78, 5) is 3.75. The first kappa shape index (κ1) is 20.6. The Bertz CT molecular complexity index is 1290. The number of nitriles is 2. The van der Waals surface area contributed by atoms with Gasteiger partial charge in [0.25, 0.3) is 0 Å². The molecule has 0 aliphatic rings. The number of hydrogen-bond donors (Lipinski definition) is 1. The molecule has 1 atom stereocenters. The van der Waals surface area contributed by atoms with E-state index in [9.17, 15) is 28.1 Å². The minimum Gasteiger partial charge on any atom is -0.354 e. The summed E-state index contributed by atoms with van der Waals surface area (Å²) in [6.45, 7) is 0. The summed E-state index contributed by atoms with van der Waals surface area (Å²) in [6, 6.07) is 16.4. The summed E-state index contributed by atoms with van der Waals surface area (Å²) < 4.78 is 53.3. The van der Waals surface area contributed by atoms with E-state index in [1.165, 1.54) is 41.7 Å². The minimum atomic E-state index is -4.52. The third-order valence-electron chi connectivity index (χ3n) is 5.07. The second-order valence-electron chi connectivity index (χ2n) is 6.91. The van der Waals surface area contributed by atoms with Crippen molar-refractivity contribution in [3.8, 4) is 23.4 Å². The van der Waals surface area contributed by atoms with Crippen LogP contribution >= 0.6 is 11.3 Å². The topological polar surface area (TPSA) is 63.4 Å². The Morgan fingerprint density at radius 2 is 1.68 bits per heavy atom. The smallest absolute Gasteiger partial charge is 0.354 e. The molecule has 8 heteroatoms. The molecule has 2 aromatic carbocycles. The zero-order valence-electron chi connectivity index (χ0n) is 15.7. The van der Waals surface area contributed by atoms with Crippen LogP contribution in [0.2, 0.25) is 0 Å². The molecule has 3 nitrogen and oxygen atoms in total. The molecule has 0 saturated heterocycles. The lowest BCUT2D eigenvalue weighted by atomic mass is 9.83. The Kier molecular flexibility index (Phi) is 5.26. The highest BCUT2D eigenvalue weighted by Crippen LogP contribution is 2.44. The molecule has 0 radical (unpaired) electrons. The van der Waals surface area contributed by atoms with Crippen LogP contribution in [-0.4, -0.2) is 4.98 Å². The number of nitrogens with zero attached hydrogens (tertiary/aromatic N) is 2. The predicted octanol–water partition coefficient (Wildman–Crippen LogP) is 6.85. The van der Waals surface area contributed by atoms with Gasteiger partial charge in [0, 0.05) is 15.8 Å². The lowest BCUT2D eigenvalue weighted by Crippen LogP contribution is -2.11. The number of halogens is 4. The van der Waals surface area contributed by atoms with Crippen molar-refractivity contribution < 1.29 is 17.6 Å². The van der Waals surface area contributed by atoms with Crippen molar-refractivity contribution in [2.45, 2.75) is 12.1 Å². The fraction of sp³-hybridized carbons (Fsp3) is 0.130. The lowest BCUT2D eigenvalue weighted by molar-refractivity contribution is -0.137. The Hall–Kier alpha value is -3.62. The van der Waals surface area contributed by atoms with Crippen LogP contribution in [0, 0.1) is 34.4 Å². The first-order valence-electron chi connectivity index (χ1n) is 9.15. The SMILES string of the molecule is N#CC(C#N)C(c1cccs1)c1c(-c2ccc(F)cc2)[nH]c2cc(C(F)(F)F)ccc12. The van der Waals surface area contributed by atoms with Gasteiger partial charge in [-0.05, 0) is 59.0 Å². The van der Waals surface area contributed by atoms with Gasteiger partial charge in [-0.3, -0.25) is 0 Å². The molecule has 31 heavy (non-hydrogen) atoms. The molecule has 0 aliphatic heterocycles. The standard InChI is InChI=1S/C23H13F4N3S/c24-16-6-3-13(4-7-16)22-21(20(14(11-28)12-29)19-2-1-9-31-19)17-8-5-15(23(25,26)27)10-18(17)30-22/h1-10,14,20,30H. The molecule has 4 rings (SSSR count). The van der Waals surface area contributed by atoms with E-state index in [2.05, 4.69) is 4.98 Å². The Balaban J connectivity index is 2.05. The number of aromatic nitrogens is 1. The summed E-state index contributed by atoms with van der Waals surface area (Å²) in [5.74, 6) is -2.22. The molecule has 1 unspecified atom stereocenters. The first-order chi connectivity index (χ1) is 14.8. The predicted molar refractivity (Wildman–Crippen MR) is 110 cm³/mol. The van der Waals surface area contributed by atoms with Crippen molar-refractivity contribution in [1.82, 2.24) is 4.98 Å². The van der Waals surface area contributed by atoms with E-state index >= 15 is 0 Å². The van der Waals surface area contributed by atoms with Crippen molar-refractivity contribution in [3.05, 3.63) is 81.8 Å². The summed E-state index contributed by atoms with van der Waals surface area (Å²) in [5, 5.41) is 21.6. The van der Waals surface area contributed by atoms with Gasteiger partial charge in [0.2, 0.25) is 0 Å². The van der Waals surface area contributed by atoms with Gasteiger partial charge in [0.15, 0.2) is 0 Å². The number of benzene rings is 2. The monoisotopic (exact) mass is 439 g/mol. The summed E-state index contributed by atoms with van der Waals surface area (Å²) in [5.41, 5.74) is 0.926. The minimum absolute atomic E-state index is 0.223. The molecule has 2 heterocycles. The van der Waals surface area contributed by atoms with Gasteiger partial charge >= 0.3 is 6.18 Å². The number of alkyl halides is 3. The van der Waals surface area contributed by atoms with Crippen LogP contribution < -0.4 is 0 Å². The molecule has 0 fully saturated rings. The molecule has 0 aliphatic carbocycles. The highest BCUT2D eigenvalue weighted by molar-refractivity contribution is 7.10. The van der Waals surface area contributed by atoms with Crippen molar-refractivity contribution in [2.75, 3.05) is 0 Å². The zero-order valence-corrected chi connectivity index (χ0v) is 16.6. The maximum Gasteiger partial charge on any atom is 0.416 e. The van der Waals surface area contributed by atoms with Gasteiger partial charge in [-0.1, -0.05) is 12.1 Å². The third kappa shape index (κ3) is 3.78. The van der Waals surface area contributed by atoms with Crippen LogP contribution in [0.1, 0.15) is 21.9 Å². The molecule has 4 aromatic rings. The maximum absolute atomic E-state index is 13.5. The summed E-state index contributed by atoms with van der Waals surface area (Å²) >= 11 is 1.35. The highest BCUT2D eigenvalue weighted by Gasteiger charge is 2.34. The van der Waals surface area contributed by atoms with Crippen molar-refractivity contribution in [1.29, 1.82) is 10.5 Å². The maximum atomic E-state index is 13.5. The van der Waals surface area contributed by atoms with Crippen molar-refractivity contribution in [2.24, 2.45) is 5.92 Å². The number of rotatable bonds is 4. The van der Waals surface area contributed by atoms with E-state index in [0.29, 0.717) is 22.2 Å². The molecule has 0 bridgehead atoms. The number of nitrogens with one attached hydrogen (secondary N) is 1. The third-order valence-corrected chi connectivity index (χ3v) is 6.03. The van der Waals surface area contributed by atoms with Crippen LogP contribution in [0.5, 0.6) is 0 Å². The van der Waals surface area contributed by atoms with Gasteiger partial charge in [-0.15, -0.1) is 11.3 Å². The van der Waals surface area contributed by atoms with Crippen LogP contribution in [-0.2, 0) is 6.18 Å². The van der Waals surface area contributed by atoms with Gasteiger partial charge < -0.3 is 4.98 Å². The first-order valence-corrected chi connectivity index (χ1v) is 10.0. The van der Waals surface area contributed by atoms with E-state index in [1.54, 1.807) is 12.1 Å². The van der Waals surface area contributed by atoms with Crippen LogP contribution in [0.15, 0.2) is 60.0 Å². The second-order valence-corrected chi connectivity index (χ2v) is 7.89. The molecule has 0 spiro atoms. The normalized spacial score (nSPS) is 12.6. The number of aromatic amines is 1. The summed E-state index contributed by atoms with van der Waals surface area (Å²) in [7, 11) is 0. The Labute approximate surface area is 178 Å². The van der Waals surface area contributed by atoms with Gasteiger partial charge in [-0.25, -0.2) is 4.39 Å². The van der Waals surface area contributed by atoms with E-state index in [0.717, 1.165) is 17.0 Å². The highest BCUT2D eigenvalue weighted by atomic mass is 32.1. The van der Waals surface area contributed by atoms with Crippen LogP contribution in [0.4, 0.5) is 17.6 Å². The number of H-pyrrole nitrogens is 1. The summed E-state index contributed by atoms with van der Waals surface area (Å²) in [6.07, 6.45) is -4.52. The molecule has 0 saturated carbocycles. The Morgan fingerprint density at radius 3 is 2.26 bits per heavy atom. The molecule has 0 amide bonds. The molecule has 2 aromatic heterocycles. The van der Waals surface area contributed by atoms with E-state index < -0.39 is 29.4 Å². The largest absolute Gasteiger partial charge is 0.416 e. The van der Waals surface area contributed by atoms with Crippen LogP contribution in [0.25, 0.3) is 22.2 Å².